The Morgan fingerprint density at radius 1 is 1.18 bits per heavy atom. The van der Waals surface area contributed by atoms with Gasteiger partial charge >= 0.3 is 6.18 Å². The van der Waals surface area contributed by atoms with Gasteiger partial charge in [-0.05, 0) is 29.6 Å². The molecule has 110 valence electrons. The molecule has 0 bridgehead atoms. The fraction of sp³-hybridized carbons (Fsp3) is 0.0714. The Hall–Kier alpha value is -2.11. The van der Waals surface area contributed by atoms with E-state index < -0.39 is 11.7 Å². The van der Waals surface area contributed by atoms with Crippen LogP contribution in [0.4, 0.5) is 13.2 Å². The predicted molar refractivity (Wildman–Crippen MR) is 77.7 cm³/mol. The average molecular weight is 337 g/mol. The van der Waals surface area contributed by atoms with E-state index in [4.69, 9.17) is 5.26 Å². The molecule has 22 heavy (non-hydrogen) atoms. The molecule has 0 atom stereocenters. The van der Waals surface area contributed by atoms with Gasteiger partial charge in [-0.1, -0.05) is 11.8 Å². The van der Waals surface area contributed by atoms with Crippen molar-refractivity contribution in [3.63, 3.8) is 0 Å². The van der Waals surface area contributed by atoms with Crippen molar-refractivity contribution in [3.8, 4) is 6.07 Å². The zero-order valence-electron chi connectivity index (χ0n) is 10.8. The molecule has 0 amide bonds. The van der Waals surface area contributed by atoms with Crippen LogP contribution < -0.4 is 0 Å². The summed E-state index contributed by atoms with van der Waals surface area (Å²) in [5.41, 5.74) is -1.32. The zero-order chi connectivity index (χ0) is 15.7. The SMILES string of the molecule is N#Cc1ccc(Sc2ncnc3sccc23)cc1C(F)(F)F. The maximum absolute atomic E-state index is 13.0. The summed E-state index contributed by atoms with van der Waals surface area (Å²) in [6.45, 7) is 0. The highest BCUT2D eigenvalue weighted by Crippen LogP contribution is 2.37. The molecule has 2 aromatic heterocycles. The Morgan fingerprint density at radius 2 is 2.00 bits per heavy atom. The quantitative estimate of drug-likeness (QED) is 0.634. The first-order chi connectivity index (χ1) is 10.5. The lowest BCUT2D eigenvalue weighted by Crippen LogP contribution is -2.07. The summed E-state index contributed by atoms with van der Waals surface area (Å²) in [5.74, 6) is 0. The van der Waals surface area contributed by atoms with Crippen molar-refractivity contribution < 1.29 is 13.2 Å². The van der Waals surface area contributed by atoms with Crippen molar-refractivity contribution in [1.82, 2.24) is 9.97 Å². The molecule has 0 saturated carbocycles. The summed E-state index contributed by atoms with van der Waals surface area (Å²) in [4.78, 5) is 9.37. The van der Waals surface area contributed by atoms with E-state index in [1.165, 1.54) is 29.8 Å². The molecule has 0 fully saturated rings. The summed E-state index contributed by atoms with van der Waals surface area (Å²) in [5, 5.41) is 12.0. The van der Waals surface area contributed by atoms with Crippen molar-refractivity contribution in [2.24, 2.45) is 0 Å². The maximum atomic E-state index is 13.0. The third-order valence-corrected chi connectivity index (χ3v) is 4.69. The number of fused-ring (bicyclic) bond motifs is 1. The van der Waals surface area contributed by atoms with E-state index in [1.54, 1.807) is 6.07 Å². The van der Waals surface area contributed by atoms with Crippen LogP contribution >= 0.6 is 23.1 Å². The Bertz CT molecular complexity index is 881. The molecule has 2 heterocycles. The smallest absolute Gasteiger partial charge is 0.229 e. The molecule has 8 heteroatoms. The Morgan fingerprint density at radius 3 is 2.73 bits per heavy atom. The molecule has 0 radical (unpaired) electrons. The highest BCUT2D eigenvalue weighted by atomic mass is 32.2. The van der Waals surface area contributed by atoms with Crippen LogP contribution in [-0.4, -0.2) is 9.97 Å². The Kier molecular flexibility index (Phi) is 3.76. The predicted octanol–water partition coefficient (Wildman–Crippen LogP) is 4.73. The van der Waals surface area contributed by atoms with Crippen LogP contribution in [0.1, 0.15) is 11.1 Å². The number of nitriles is 1. The summed E-state index contributed by atoms with van der Waals surface area (Å²) in [6, 6.07) is 7.03. The van der Waals surface area contributed by atoms with Crippen LogP contribution in [0.3, 0.4) is 0 Å². The lowest BCUT2D eigenvalue weighted by Gasteiger charge is -2.10. The number of nitrogens with zero attached hydrogens (tertiary/aromatic N) is 3. The molecule has 0 aliphatic rings. The zero-order valence-corrected chi connectivity index (χ0v) is 12.4. The van der Waals surface area contributed by atoms with Gasteiger partial charge in [-0.15, -0.1) is 11.3 Å². The van der Waals surface area contributed by atoms with E-state index in [9.17, 15) is 13.2 Å². The molecule has 0 saturated heterocycles. The second-order valence-corrected chi connectivity index (χ2v) is 6.19. The van der Waals surface area contributed by atoms with Crippen LogP contribution in [0.25, 0.3) is 10.2 Å². The highest BCUT2D eigenvalue weighted by Gasteiger charge is 2.33. The molecule has 3 aromatic rings. The van der Waals surface area contributed by atoms with Crippen molar-refractivity contribution >= 4 is 33.3 Å². The number of hydrogen-bond donors (Lipinski definition) is 0. The van der Waals surface area contributed by atoms with E-state index >= 15 is 0 Å². The fourth-order valence-corrected chi connectivity index (χ4v) is 3.59. The number of aromatic nitrogens is 2. The van der Waals surface area contributed by atoms with Crippen LogP contribution in [-0.2, 0) is 6.18 Å². The van der Waals surface area contributed by atoms with Crippen LogP contribution in [0.5, 0.6) is 0 Å². The van der Waals surface area contributed by atoms with Gasteiger partial charge in [0, 0.05) is 10.3 Å². The number of rotatable bonds is 2. The molecule has 0 N–H and O–H groups in total. The number of alkyl halides is 3. The topological polar surface area (TPSA) is 49.6 Å². The number of thiophene rings is 1. The first-order valence-corrected chi connectivity index (χ1v) is 7.66. The van der Waals surface area contributed by atoms with Crippen molar-refractivity contribution in [1.29, 1.82) is 5.26 Å². The second-order valence-electron chi connectivity index (χ2n) is 4.24. The molecule has 3 nitrogen and oxygen atoms in total. The van der Waals surface area contributed by atoms with Crippen LogP contribution in [0.2, 0.25) is 0 Å². The molecule has 3 rings (SSSR count). The molecule has 0 unspecified atom stereocenters. The van der Waals surface area contributed by atoms with Gasteiger partial charge in [-0.3, -0.25) is 0 Å². The third-order valence-electron chi connectivity index (χ3n) is 2.86. The first kappa shape index (κ1) is 14.8. The average Bonchev–Trinajstić information content (AvgIpc) is 2.96. The van der Waals surface area contributed by atoms with E-state index in [0.717, 1.165) is 28.0 Å². The summed E-state index contributed by atoms with van der Waals surface area (Å²) in [6.07, 6.45) is -3.18. The van der Waals surface area contributed by atoms with Gasteiger partial charge in [0.2, 0.25) is 0 Å². The highest BCUT2D eigenvalue weighted by molar-refractivity contribution is 7.99. The van der Waals surface area contributed by atoms with E-state index in [-0.39, 0.29) is 5.56 Å². The minimum absolute atomic E-state index is 0.373. The molecule has 0 spiro atoms. The van der Waals surface area contributed by atoms with Crippen molar-refractivity contribution in [3.05, 3.63) is 47.1 Å². The van der Waals surface area contributed by atoms with E-state index in [1.807, 2.05) is 11.4 Å². The fourth-order valence-electron chi connectivity index (χ4n) is 1.88. The standard InChI is InChI=1S/C14H6F3N3S2/c15-14(16,17)11-5-9(2-1-8(11)6-18)22-13-10-3-4-21-12(10)19-7-20-13/h1-5,7H. The maximum Gasteiger partial charge on any atom is 0.417 e. The van der Waals surface area contributed by atoms with E-state index in [2.05, 4.69) is 9.97 Å². The molecular formula is C14H6F3N3S2. The van der Waals surface area contributed by atoms with Crippen molar-refractivity contribution in [2.75, 3.05) is 0 Å². The minimum Gasteiger partial charge on any atom is -0.229 e. The van der Waals surface area contributed by atoms with Gasteiger partial charge in [-0.2, -0.15) is 18.4 Å². The minimum atomic E-state index is -4.56. The van der Waals surface area contributed by atoms with Gasteiger partial charge in [0.05, 0.1) is 17.2 Å². The van der Waals surface area contributed by atoms with Gasteiger partial charge in [-0.25, -0.2) is 9.97 Å². The van der Waals surface area contributed by atoms with Gasteiger partial charge in [0.1, 0.15) is 16.2 Å². The first-order valence-electron chi connectivity index (χ1n) is 5.96. The van der Waals surface area contributed by atoms with Gasteiger partial charge in [0.25, 0.3) is 0 Å². The normalized spacial score (nSPS) is 11.5. The monoisotopic (exact) mass is 337 g/mol. The van der Waals surface area contributed by atoms with Gasteiger partial charge < -0.3 is 0 Å². The summed E-state index contributed by atoms with van der Waals surface area (Å²) < 4.78 is 38.9. The summed E-state index contributed by atoms with van der Waals surface area (Å²) >= 11 is 2.56. The lowest BCUT2D eigenvalue weighted by molar-refractivity contribution is -0.137. The van der Waals surface area contributed by atoms with Gasteiger partial charge in [0.15, 0.2) is 0 Å². The number of benzene rings is 1. The molecular weight excluding hydrogens is 331 g/mol. The molecule has 0 aliphatic carbocycles. The third kappa shape index (κ3) is 2.77. The lowest BCUT2D eigenvalue weighted by atomic mass is 10.1. The summed E-state index contributed by atoms with van der Waals surface area (Å²) in [7, 11) is 0. The van der Waals surface area contributed by atoms with Crippen molar-refractivity contribution in [2.45, 2.75) is 16.1 Å². The van der Waals surface area contributed by atoms with Crippen LogP contribution in [0.15, 0.2) is 45.9 Å². The number of halogens is 3. The largest absolute Gasteiger partial charge is 0.417 e. The second kappa shape index (κ2) is 5.59. The van der Waals surface area contributed by atoms with Crippen LogP contribution in [0, 0.1) is 11.3 Å². The molecule has 1 aromatic carbocycles. The Labute approximate surface area is 131 Å². The number of hydrogen-bond acceptors (Lipinski definition) is 5. The Balaban J connectivity index is 2.03. The molecule has 0 aliphatic heterocycles. The van der Waals surface area contributed by atoms with E-state index in [0.29, 0.717) is 9.92 Å².